The van der Waals surface area contributed by atoms with Crippen molar-refractivity contribution in [2.45, 2.75) is 45.1 Å². The summed E-state index contributed by atoms with van der Waals surface area (Å²) >= 11 is 0. The average Bonchev–Trinajstić information content (AvgIpc) is 3.45. The van der Waals surface area contributed by atoms with E-state index in [0.29, 0.717) is 48.3 Å². The van der Waals surface area contributed by atoms with Crippen molar-refractivity contribution in [2.75, 3.05) is 37.6 Å². The van der Waals surface area contributed by atoms with Crippen molar-refractivity contribution in [3.05, 3.63) is 23.5 Å². The van der Waals surface area contributed by atoms with Gasteiger partial charge in [0.25, 0.3) is 5.92 Å². The van der Waals surface area contributed by atoms with Crippen LogP contribution < -0.4 is 4.90 Å². The van der Waals surface area contributed by atoms with Gasteiger partial charge < -0.3 is 19.8 Å². The number of carboxylic acids is 1. The molecule has 3 fully saturated rings. The second-order valence-electron chi connectivity index (χ2n) is 10.3. The molecule has 10 nitrogen and oxygen atoms in total. The van der Waals surface area contributed by atoms with Crippen molar-refractivity contribution in [3.63, 3.8) is 0 Å². The van der Waals surface area contributed by atoms with Gasteiger partial charge in [-0.3, -0.25) is 4.79 Å². The average molecular weight is 504 g/mol. The molecule has 2 aromatic heterocycles. The highest BCUT2D eigenvalue weighted by molar-refractivity contribution is 5.77. The van der Waals surface area contributed by atoms with Crippen LogP contribution in [0.15, 0.2) is 12.1 Å². The minimum Gasteiger partial charge on any atom is -0.481 e. The number of hydrogen-bond acceptors (Lipinski definition) is 6. The SMILES string of the molecule is Cc1nc(-c2nnn(C)c2CN2CCN(CC3CC3)C2=O)ccc1N1CC(CC(=O)O)CC(F)(F)C1. The first kappa shape index (κ1) is 24.4. The summed E-state index contributed by atoms with van der Waals surface area (Å²) in [6.07, 6.45) is 1.65. The maximum absolute atomic E-state index is 14.4. The summed E-state index contributed by atoms with van der Waals surface area (Å²) in [5.74, 6) is -4.07. The molecule has 2 saturated heterocycles. The highest BCUT2D eigenvalue weighted by Gasteiger charge is 2.41. The number of carbonyl (C=O) groups is 2. The lowest BCUT2D eigenvalue weighted by atomic mass is 9.92. The number of piperidine rings is 1. The molecular formula is C24H31F2N7O3. The van der Waals surface area contributed by atoms with Crippen LogP contribution in [0.2, 0.25) is 0 Å². The number of urea groups is 1. The zero-order valence-corrected chi connectivity index (χ0v) is 20.5. The third-order valence-electron chi connectivity index (χ3n) is 7.23. The third-order valence-corrected chi connectivity index (χ3v) is 7.23. The smallest absolute Gasteiger partial charge is 0.320 e. The fourth-order valence-electron chi connectivity index (χ4n) is 5.29. The van der Waals surface area contributed by atoms with Crippen LogP contribution in [-0.2, 0) is 18.4 Å². The molecule has 36 heavy (non-hydrogen) atoms. The van der Waals surface area contributed by atoms with Crippen molar-refractivity contribution < 1.29 is 23.5 Å². The van der Waals surface area contributed by atoms with E-state index in [2.05, 4.69) is 15.3 Å². The van der Waals surface area contributed by atoms with Gasteiger partial charge in [-0.25, -0.2) is 23.2 Å². The Morgan fingerprint density at radius 3 is 2.64 bits per heavy atom. The molecule has 194 valence electrons. The number of aromatic nitrogens is 4. The summed E-state index contributed by atoms with van der Waals surface area (Å²) < 4.78 is 30.4. The molecule has 4 heterocycles. The van der Waals surface area contributed by atoms with E-state index in [4.69, 9.17) is 5.11 Å². The molecule has 0 radical (unpaired) electrons. The Balaban J connectivity index is 1.34. The number of amides is 2. The molecule has 0 aromatic carbocycles. The minimum atomic E-state index is -2.97. The molecule has 0 spiro atoms. The van der Waals surface area contributed by atoms with E-state index in [1.807, 2.05) is 4.90 Å². The summed E-state index contributed by atoms with van der Waals surface area (Å²) in [6.45, 7) is 4.03. The van der Waals surface area contributed by atoms with Crippen LogP contribution in [0.25, 0.3) is 11.4 Å². The van der Waals surface area contributed by atoms with E-state index in [9.17, 15) is 18.4 Å². The number of carboxylic acid groups (broad SMARTS) is 1. The number of rotatable bonds is 8. The van der Waals surface area contributed by atoms with Crippen molar-refractivity contribution in [1.82, 2.24) is 29.8 Å². The second-order valence-corrected chi connectivity index (χ2v) is 10.3. The maximum Gasteiger partial charge on any atom is 0.320 e. The Kier molecular flexibility index (Phi) is 6.29. The van der Waals surface area contributed by atoms with Crippen LogP contribution in [0.3, 0.4) is 0 Å². The first-order valence-electron chi connectivity index (χ1n) is 12.3. The van der Waals surface area contributed by atoms with Gasteiger partial charge in [-0.05, 0) is 43.7 Å². The summed E-state index contributed by atoms with van der Waals surface area (Å²) in [5.41, 5.74) is 2.94. The lowest BCUT2D eigenvalue weighted by molar-refractivity contribution is -0.139. The van der Waals surface area contributed by atoms with Crippen LogP contribution in [-0.4, -0.2) is 85.5 Å². The fourth-order valence-corrected chi connectivity index (χ4v) is 5.29. The number of alkyl halides is 2. The van der Waals surface area contributed by atoms with E-state index >= 15 is 0 Å². The molecular weight excluding hydrogens is 472 g/mol. The number of anilines is 1. The normalized spacial score (nSPS) is 21.9. The van der Waals surface area contributed by atoms with Crippen LogP contribution in [0, 0.1) is 18.8 Å². The van der Waals surface area contributed by atoms with Gasteiger partial charge in [0.2, 0.25) is 0 Å². The van der Waals surface area contributed by atoms with Crippen LogP contribution in [0.1, 0.15) is 37.1 Å². The van der Waals surface area contributed by atoms with Crippen LogP contribution in [0.4, 0.5) is 19.3 Å². The molecule has 1 aliphatic carbocycles. The minimum absolute atomic E-state index is 0.0236. The van der Waals surface area contributed by atoms with Gasteiger partial charge in [0.05, 0.1) is 42.3 Å². The highest BCUT2D eigenvalue weighted by atomic mass is 19.3. The Labute approximate surface area is 207 Å². The van der Waals surface area contributed by atoms with Crippen LogP contribution in [0.5, 0.6) is 0 Å². The van der Waals surface area contributed by atoms with E-state index < -0.39 is 30.8 Å². The lowest BCUT2D eigenvalue weighted by Gasteiger charge is -2.39. The molecule has 1 N–H and O–H groups in total. The molecule has 0 bridgehead atoms. The first-order chi connectivity index (χ1) is 17.1. The number of carbonyl (C=O) groups excluding carboxylic acids is 1. The van der Waals surface area contributed by atoms with Gasteiger partial charge in [-0.15, -0.1) is 5.10 Å². The fraction of sp³-hybridized carbons (Fsp3) is 0.625. The summed E-state index contributed by atoms with van der Waals surface area (Å²) in [7, 11) is 1.77. The van der Waals surface area contributed by atoms with Crippen molar-refractivity contribution >= 4 is 17.7 Å². The Morgan fingerprint density at radius 1 is 1.19 bits per heavy atom. The molecule has 1 atom stereocenters. The van der Waals surface area contributed by atoms with Crippen LogP contribution >= 0.6 is 0 Å². The van der Waals surface area contributed by atoms with Gasteiger partial charge in [0, 0.05) is 39.6 Å². The van der Waals surface area contributed by atoms with Crippen molar-refractivity contribution in [3.8, 4) is 11.4 Å². The predicted octanol–water partition coefficient (Wildman–Crippen LogP) is 2.77. The number of aliphatic carboxylic acids is 1. The maximum atomic E-state index is 14.4. The number of aryl methyl sites for hydroxylation is 2. The van der Waals surface area contributed by atoms with E-state index in [1.54, 1.807) is 35.7 Å². The predicted molar refractivity (Wildman–Crippen MR) is 127 cm³/mol. The molecule has 2 aliphatic heterocycles. The van der Waals surface area contributed by atoms with Gasteiger partial charge in [0.1, 0.15) is 5.69 Å². The number of halogens is 2. The van der Waals surface area contributed by atoms with Gasteiger partial charge >= 0.3 is 12.0 Å². The topological polar surface area (TPSA) is 108 Å². The number of pyridine rings is 1. The largest absolute Gasteiger partial charge is 0.481 e. The molecule has 2 amide bonds. The summed E-state index contributed by atoms with van der Waals surface area (Å²) in [6, 6.07) is 3.48. The standard InChI is InChI=1S/C24H31F2N7O3/c1-15-19(33-12-17(9-21(34)35)10-24(25,26)14-33)6-5-18(27-15)22-20(30(2)29-28-22)13-32-8-7-31(23(32)36)11-16-3-4-16/h5-6,16-17H,3-4,7-14H2,1-2H3,(H,34,35). The molecule has 3 aliphatic rings. The van der Waals surface area contributed by atoms with Gasteiger partial charge in [-0.1, -0.05) is 5.21 Å². The zero-order valence-electron chi connectivity index (χ0n) is 20.5. The molecule has 5 rings (SSSR count). The number of nitrogens with zero attached hydrogens (tertiary/aromatic N) is 7. The van der Waals surface area contributed by atoms with Gasteiger partial charge in [0.15, 0.2) is 0 Å². The quantitative estimate of drug-likeness (QED) is 0.590. The Hall–Kier alpha value is -3.31. The first-order valence-corrected chi connectivity index (χ1v) is 12.3. The molecule has 12 heteroatoms. The lowest BCUT2D eigenvalue weighted by Crippen LogP contribution is -2.48. The second kappa shape index (κ2) is 9.29. The molecule has 1 unspecified atom stereocenters. The molecule has 2 aromatic rings. The monoisotopic (exact) mass is 503 g/mol. The summed E-state index contributed by atoms with van der Waals surface area (Å²) in [4.78, 5) is 33.9. The van der Waals surface area contributed by atoms with E-state index in [-0.39, 0.29) is 19.0 Å². The zero-order chi connectivity index (χ0) is 25.6. The van der Waals surface area contributed by atoms with Crippen molar-refractivity contribution in [2.24, 2.45) is 18.9 Å². The molecule has 1 saturated carbocycles. The Morgan fingerprint density at radius 2 is 1.94 bits per heavy atom. The highest BCUT2D eigenvalue weighted by Crippen LogP contribution is 2.36. The van der Waals surface area contributed by atoms with Crippen molar-refractivity contribution in [1.29, 1.82) is 0 Å². The summed E-state index contributed by atoms with van der Waals surface area (Å²) in [5, 5.41) is 17.5. The van der Waals surface area contributed by atoms with E-state index in [1.165, 1.54) is 17.7 Å². The third kappa shape index (κ3) is 5.12. The number of hydrogen-bond donors (Lipinski definition) is 1. The Bertz CT molecular complexity index is 1170. The van der Waals surface area contributed by atoms with Gasteiger partial charge in [-0.2, -0.15) is 0 Å². The van der Waals surface area contributed by atoms with E-state index in [0.717, 1.165) is 12.2 Å².